The first-order valence-electron chi connectivity index (χ1n) is 7.64. The maximum Gasteiger partial charge on any atom is 0.205 e. The summed E-state index contributed by atoms with van der Waals surface area (Å²) >= 11 is 1.15. The highest BCUT2D eigenvalue weighted by molar-refractivity contribution is 7.22. The van der Waals surface area contributed by atoms with Crippen LogP contribution in [0, 0.1) is 11.6 Å². The van der Waals surface area contributed by atoms with Crippen LogP contribution in [0.3, 0.4) is 0 Å². The summed E-state index contributed by atoms with van der Waals surface area (Å²) in [6.45, 7) is 0. The summed E-state index contributed by atoms with van der Waals surface area (Å²) in [5, 5.41) is 0.970. The van der Waals surface area contributed by atoms with Crippen LogP contribution in [-0.2, 0) is 0 Å². The lowest BCUT2D eigenvalue weighted by molar-refractivity contribution is 0.104. The number of anilines is 1. The summed E-state index contributed by atoms with van der Waals surface area (Å²) in [7, 11) is 1.54. The second-order valence-electron chi connectivity index (χ2n) is 5.69. The van der Waals surface area contributed by atoms with Crippen LogP contribution in [0.25, 0.3) is 21.0 Å². The average Bonchev–Trinajstić information content (AvgIpc) is 2.99. The molecular weight excluding hydrogens is 358 g/mol. The molecule has 4 rings (SSSR count). The van der Waals surface area contributed by atoms with E-state index in [9.17, 15) is 13.6 Å². The van der Waals surface area contributed by atoms with Gasteiger partial charge in [-0.1, -0.05) is 0 Å². The molecule has 0 fully saturated rings. The number of carbonyl (C=O) groups excluding carboxylic acids is 1. The highest BCUT2D eigenvalue weighted by atomic mass is 32.1. The number of halogens is 2. The van der Waals surface area contributed by atoms with Gasteiger partial charge in [0, 0.05) is 33.3 Å². The Kier molecular flexibility index (Phi) is 3.81. The van der Waals surface area contributed by atoms with E-state index in [-0.39, 0.29) is 11.5 Å². The quantitative estimate of drug-likeness (QED) is 0.537. The highest BCUT2D eigenvalue weighted by Gasteiger charge is 2.20. The number of nitrogens with zero attached hydrogens (tertiary/aromatic N) is 1. The fourth-order valence-electron chi connectivity index (χ4n) is 2.79. The van der Waals surface area contributed by atoms with Crippen LogP contribution in [0.5, 0.6) is 5.75 Å². The first kappa shape index (κ1) is 16.4. The normalized spacial score (nSPS) is 11.2. The Balaban J connectivity index is 1.90. The van der Waals surface area contributed by atoms with Gasteiger partial charge in [-0.2, -0.15) is 0 Å². The molecule has 0 aliphatic heterocycles. The standard InChI is InChI=1S/C19H12F2N2O2S/c1-25-10-4-2-9(3-5-10)17(24)19-16(22)12-8-23-15-7-14(21)13(20)6-11(15)18(12)26-19/h2-8H,22H2,1H3. The number of fused-ring (bicyclic) bond motifs is 3. The molecule has 0 amide bonds. The van der Waals surface area contributed by atoms with Crippen molar-refractivity contribution in [3.63, 3.8) is 0 Å². The van der Waals surface area contributed by atoms with Crippen LogP contribution in [0.1, 0.15) is 15.2 Å². The van der Waals surface area contributed by atoms with Gasteiger partial charge in [0.15, 0.2) is 11.6 Å². The minimum absolute atomic E-state index is 0.248. The maximum atomic E-state index is 13.7. The lowest BCUT2D eigenvalue weighted by Crippen LogP contribution is -2.02. The molecular formula is C19H12F2N2O2S. The Morgan fingerprint density at radius 2 is 1.81 bits per heavy atom. The van der Waals surface area contributed by atoms with Gasteiger partial charge in [0.25, 0.3) is 0 Å². The van der Waals surface area contributed by atoms with Gasteiger partial charge < -0.3 is 10.5 Å². The van der Waals surface area contributed by atoms with Crippen molar-refractivity contribution in [3.05, 3.63) is 64.7 Å². The molecule has 2 heterocycles. The summed E-state index contributed by atoms with van der Waals surface area (Å²) in [4.78, 5) is 17.3. The number of ether oxygens (including phenoxy) is 1. The van der Waals surface area contributed by atoms with Crippen LogP contribution in [0.15, 0.2) is 42.6 Å². The SMILES string of the molecule is COc1ccc(C(=O)c2sc3c(cnc4cc(F)c(F)cc43)c2N)cc1. The van der Waals surface area contributed by atoms with Crippen molar-refractivity contribution < 1.29 is 18.3 Å². The van der Waals surface area contributed by atoms with E-state index >= 15 is 0 Å². The van der Waals surface area contributed by atoms with Crippen molar-refractivity contribution in [1.82, 2.24) is 4.98 Å². The van der Waals surface area contributed by atoms with E-state index in [1.807, 2.05) is 0 Å². The lowest BCUT2D eigenvalue weighted by Gasteiger charge is -2.02. The third-order valence-corrected chi connectivity index (χ3v) is 5.41. The number of hydrogen-bond acceptors (Lipinski definition) is 5. The molecule has 4 aromatic rings. The Morgan fingerprint density at radius 1 is 1.12 bits per heavy atom. The number of carbonyl (C=O) groups is 1. The summed E-state index contributed by atoms with van der Waals surface area (Å²) in [5.41, 5.74) is 7.20. The lowest BCUT2D eigenvalue weighted by atomic mass is 10.1. The van der Waals surface area contributed by atoms with E-state index < -0.39 is 11.6 Å². The van der Waals surface area contributed by atoms with Crippen molar-refractivity contribution in [1.29, 1.82) is 0 Å². The van der Waals surface area contributed by atoms with Crippen LogP contribution >= 0.6 is 11.3 Å². The highest BCUT2D eigenvalue weighted by Crippen LogP contribution is 2.39. The van der Waals surface area contributed by atoms with E-state index in [2.05, 4.69) is 4.98 Å². The number of pyridine rings is 1. The van der Waals surface area contributed by atoms with Crippen LogP contribution in [-0.4, -0.2) is 17.9 Å². The minimum Gasteiger partial charge on any atom is -0.497 e. The molecule has 2 N–H and O–H groups in total. The predicted molar refractivity (Wildman–Crippen MR) is 97.9 cm³/mol. The molecule has 0 saturated heterocycles. The number of rotatable bonds is 3. The molecule has 0 saturated carbocycles. The summed E-state index contributed by atoms with van der Waals surface area (Å²) < 4.78 is 32.8. The number of ketones is 1. The molecule has 7 heteroatoms. The molecule has 0 aliphatic rings. The first-order valence-corrected chi connectivity index (χ1v) is 8.45. The third-order valence-electron chi connectivity index (χ3n) is 4.16. The van der Waals surface area contributed by atoms with E-state index in [0.717, 1.165) is 23.5 Å². The van der Waals surface area contributed by atoms with E-state index in [1.54, 1.807) is 31.4 Å². The van der Waals surface area contributed by atoms with Crippen molar-refractivity contribution in [2.24, 2.45) is 0 Å². The molecule has 0 spiro atoms. The number of benzene rings is 2. The summed E-state index contributed by atoms with van der Waals surface area (Å²) in [6.07, 6.45) is 1.48. The fraction of sp³-hybridized carbons (Fsp3) is 0.0526. The smallest absolute Gasteiger partial charge is 0.205 e. The molecule has 0 atom stereocenters. The van der Waals surface area contributed by atoms with Crippen molar-refractivity contribution >= 4 is 43.8 Å². The maximum absolute atomic E-state index is 13.7. The summed E-state index contributed by atoms with van der Waals surface area (Å²) in [5.74, 6) is -1.55. The van der Waals surface area contributed by atoms with Crippen molar-refractivity contribution in [3.8, 4) is 5.75 Å². The number of nitrogen functional groups attached to an aromatic ring is 1. The van der Waals surface area contributed by atoms with Gasteiger partial charge in [-0.15, -0.1) is 11.3 Å². The van der Waals surface area contributed by atoms with Gasteiger partial charge in [-0.25, -0.2) is 8.78 Å². The second kappa shape index (κ2) is 6.03. The van der Waals surface area contributed by atoms with Gasteiger partial charge in [-0.05, 0) is 30.3 Å². The van der Waals surface area contributed by atoms with Gasteiger partial charge in [-0.3, -0.25) is 9.78 Å². The number of nitrogens with two attached hydrogens (primary N) is 1. The largest absolute Gasteiger partial charge is 0.497 e. The molecule has 26 heavy (non-hydrogen) atoms. The molecule has 0 unspecified atom stereocenters. The topological polar surface area (TPSA) is 65.2 Å². The van der Waals surface area contributed by atoms with Gasteiger partial charge in [0.05, 0.1) is 23.2 Å². The summed E-state index contributed by atoms with van der Waals surface area (Å²) in [6, 6.07) is 8.78. The predicted octanol–water partition coefficient (Wildman–Crippen LogP) is 4.55. The average molecular weight is 370 g/mol. The van der Waals surface area contributed by atoms with Gasteiger partial charge in [0.1, 0.15) is 5.75 Å². The van der Waals surface area contributed by atoms with Gasteiger partial charge in [0.2, 0.25) is 5.78 Å². The molecule has 0 bridgehead atoms. The Morgan fingerprint density at radius 3 is 2.50 bits per heavy atom. The molecule has 0 aliphatic carbocycles. The van der Waals surface area contributed by atoms with Crippen LogP contribution in [0.4, 0.5) is 14.5 Å². The Hall–Kier alpha value is -3.06. The Bertz CT molecular complexity index is 1170. The zero-order valence-electron chi connectivity index (χ0n) is 13.5. The third kappa shape index (κ3) is 2.48. The second-order valence-corrected chi connectivity index (χ2v) is 6.71. The zero-order chi connectivity index (χ0) is 18.4. The van der Waals surface area contributed by atoms with E-state index in [0.29, 0.717) is 37.2 Å². The van der Waals surface area contributed by atoms with Crippen molar-refractivity contribution in [2.45, 2.75) is 0 Å². The monoisotopic (exact) mass is 370 g/mol. The number of hydrogen-bond donors (Lipinski definition) is 1. The molecule has 130 valence electrons. The first-order chi connectivity index (χ1) is 12.5. The molecule has 2 aromatic heterocycles. The van der Waals surface area contributed by atoms with Crippen molar-refractivity contribution in [2.75, 3.05) is 12.8 Å². The van der Waals surface area contributed by atoms with Gasteiger partial charge >= 0.3 is 0 Å². The number of thiophene rings is 1. The molecule has 2 aromatic carbocycles. The van der Waals surface area contributed by atoms with Crippen LogP contribution in [0.2, 0.25) is 0 Å². The number of methoxy groups -OCH3 is 1. The molecule has 0 radical (unpaired) electrons. The zero-order valence-corrected chi connectivity index (χ0v) is 14.4. The van der Waals surface area contributed by atoms with E-state index in [1.165, 1.54) is 6.20 Å². The molecule has 4 nitrogen and oxygen atoms in total. The van der Waals surface area contributed by atoms with E-state index in [4.69, 9.17) is 10.5 Å². The Labute approximate surface area is 150 Å². The fourth-order valence-corrected chi connectivity index (χ4v) is 3.97. The van der Waals surface area contributed by atoms with Crippen LogP contribution < -0.4 is 10.5 Å². The number of aromatic nitrogens is 1. The minimum atomic E-state index is -0.971.